The number of primary amides is 1. The standard InChI is InChI=1S/C28H39N5O5/c1-38-23-9-5-8-19-18(23)14-21(31-19)27(37)33-16-28(10-3-2-4-11-28)15-22(33)26(36)32-20(24(29)34)13-17-7-6-12-30-25(17)35/h5,8-9,14,17,20,22,25,30-31,35H,2-4,6-7,10-13,15-16H2,1H3,(H2,29,34)(H,32,36)/t17-,20-,22?,25?/m0/s1. The number of piperidine rings is 1. The zero-order valence-corrected chi connectivity index (χ0v) is 22.0. The number of aliphatic hydroxyl groups excluding tert-OH is 1. The van der Waals surface area contributed by atoms with Crippen molar-refractivity contribution >= 4 is 28.6 Å². The van der Waals surface area contributed by atoms with Crippen LogP contribution < -0.4 is 21.1 Å². The predicted molar refractivity (Wildman–Crippen MR) is 142 cm³/mol. The van der Waals surface area contributed by atoms with Gasteiger partial charge in [-0.25, -0.2) is 0 Å². The summed E-state index contributed by atoms with van der Waals surface area (Å²) in [4.78, 5) is 44.8. The fourth-order valence-electron chi connectivity index (χ4n) is 6.75. The molecule has 6 N–H and O–H groups in total. The number of benzene rings is 1. The minimum atomic E-state index is -0.917. The minimum Gasteiger partial charge on any atom is -0.496 e. The first-order valence-corrected chi connectivity index (χ1v) is 13.8. The zero-order chi connectivity index (χ0) is 26.9. The van der Waals surface area contributed by atoms with E-state index in [9.17, 15) is 19.5 Å². The van der Waals surface area contributed by atoms with Crippen molar-refractivity contribution in [2.24, 2.45) is 17.1 Å². The molecule has 10 nitrogen and oxygen atoms in total. The lowest BCUT2D eigenvalue weighted by molar-refractivity contribution is -0.130. The van der Waals surface area contributed by atoms with E-state index in [0.29, 0.717) is 31.0 Å². The normalized spacial score (nSPS) is 25.8. The second kappa shape index (κ2) is 10.9. The molecule has 2 aromatic rings. The molecule has 2 unspecified atom stereocenters. The van der Waals surface area contributed by atoms with E-state index in [1.807, 2.05) is 18.2 Å². The van der Waals surface area contributed by atoms with E-state index in [1.165, 1.54) is 0 Å². The van der Waals surface area contributed by atoms with Crippen molar-refractivity contribution in [1.29, 1.82) is 0 Å². The van der Waals surface area contributed by atoms with Crippen LogP contribution in [0.15, 0.2) is 24.3 Å². The maximum Gasteiger partial charge on any atom is 0.271 e. The Bertz CT molecular complexity index is 1190. The number of rotatable bonds is 7. The molecule has 4 atom stereocenters. The van der Waals surface area contributed by atoms with E-state index in [2.05, 4.69) is 15.6 Å². The predicted octanol–water partition coefficient (Wildman–Crippen LogP) is 2.02. The molecule has 1 saturated carbocycles. The number of nitrogens with two attached hydrogens (primary N) is 1. The molecular formula is C28H39N5O5. The summed E-state index contributed by atoms with van der Waals surface area (Å²) in [5.41, 5.74) is 6.77. The summed E-state index contributed by atoms with van der Waals surface area (Å²) in [5.74, 6) is -0.762. The summed E-state index contributed by atoms with van der Waals surface area (Å²) in [5, 5.41) is 17.0. The van der Waals surface area contributed by atoms with E-state index in [4.69, 9.17) is 10.5 Å². The van der Waals surface area contributed by atoms with Gasteiger partial charge in [0, 0.05) is 23.4 Å². The SMILES string of the molecule is COc1cccc2[nH]c(C(=O)N3CC4(CCCCC4)CC3C(=O)N[C@@H](C[C@@H]3CCCNC3O)C(N)=O)cc12. The molecule has 2 aliphatic heterocycles. The molecule has 3 heterocycles. The number of nitrogens with one attached hydrogen (secondary N) is 3. The van der Waals surface area contributed by atoms with Crippen LogP contribution in [-0.4, -0.2) is 71.2 Å². The lowest BCUT2D eigenvalue weighted by Gasteiger charge is -2.32. The van der Waals surface area contributed by atoms with Crippen molar-refractivity contribution in [2.45, 2.75) is 76.1 Å². The van der Waals surface area contributed by atoms with Gasteiger partial charge in [0.1, 0.15) is 29.8 Å². The average molecular weight is 526 g/mol. The first kappa shape index (κ1) is 26.5. The van der Waals surface area contributed by atoms with Gasteiger partial charge in [-0.2, -0.15) is 0 Å². The number of aromatic nitrogens is 1. The van der Waals surface area contributed by atoms with E-state index < -0.39 is 24.2 Å². The summed E-state index contributed by atoms with van der Waals surface area (Å²) in [6.45, 7) is 1.22. The number of H-pyrrole nitrogens is 1. The minimum absolute atomic E-state index is 0.106. The van der Waals surface area contributed by atoms with Gasteiger partial charge in [0.15, 0.2) is 0 Å². The monoisotopic (exact) mass is 525 g/mol. The Morgan fingerprint density at radius 1 is 1.24 bits per heavy atom. The van der Waals surface area contributed by atoms with Crippen LogP contribution in [-0.2, 0) is 9.59 Å². The molecule has 10 heteroatoms. The Morgan fingerprint density at radius 3 is 2.74 bits per heavy atom. The number of likely N-dealkylation sites (tertiary alicyclic amines) is 1. The molecule has 0 radical (unpaired) electrons. The maximum atomic E-state index is 13.9. The van der Waals surface area contributed by atoms with Crippen LogP contribution in [0.2, 0.25) is 0 Å². The van der Waals surface area contributed by atoms with Crippen molar-refractivity contribution in [3.8, 4) is 5.75 Å². The highest BCUT2D eigenvalue weighted by Crippen LogP contribution is 2.47. The Labute approximate surface area is 222 Å². The third-order valence-corrected chi connectivity index (χ3v) is 8.81. The first-order chi connectivity index (χ1) is 18.3. The highest BCUT2D eigenvalue weighted by atomic mass is 16.5. The Morgan fingerprint density at radius 2 is 2.03 bits per heavy atom. The second-order valence-electron chi connectivity index (χ2n) is 11.3. The lowest BCUT2D eigenvalue weighted by atomic mass is 9.72. The smallest absolute Gasteiger partial charge is 0.271 e. The number of aromatic amines is 1. The molecule has 3 aliphatic rings. The number of amides is 3. The van der Waals surface area contributed by atoms with Gasteiger partial charge in [-0.05, 0) is 68.7 Å². The highest BCUT2D eigenvalue weighted by molar-refractivity contribution is 6.02. The Kier molecular flexibility index (Phi) is 7.63. The number of fused-ring (bicyclic) bond motifs is 1. The number of carbonyl (C=O) groups excluding carboxylic acids is 3. The number of hydrogen-bond acceptors (Lipinski definition) is 6. The van der Waals surface area contributed by atoms with Crippen LogP contribution in [0.1, 0.15) is 68.3 Å². The number of aliphatic hydroxyl groups is 1. The molecule has 38 heavy (non-hydrogen) atoms. The third-order valence-electron chi connectivity index (χ3n) is 8.81. The molecule has 3 amide bonds. The van der Waals surface area contributed by atoms with Crippen molar-refractivity contribution in [2.75, 3.05) is 20.2 Å². The number of nitrogens with zero attached hydrogens (tertiary/aromatic N) is 1. The number of ether oxygens (including phenoxy) is 1. The summed E-state index contributed by atoms with van der Waals surface area (Å²) in [6.07, 6.45) is 6.97. The Hall–Kier alpha value is -3.11. The summed E-state index contributed by atoms with van der Waals surface area (Å²) >= 11 is 0. The molecule has 1 spiro atoms. The van der Waals surface area contributed by atoms with Crippen molar-refractivity contribution in [3.63, 3.8) is 0 Å². The van der Waals surface area contributed by atoms with Gasteiger partial charge in [0.05, 0.1) is 7.11 Å². The van der Waals surface area contributed by atoms with Gasteiger partial charge in [-0.15, -0.1) is 0 Å². The van der Waals surface area contributed by atoms with Crippen molar-refractivity contribution in [3.05, 3.63) is 30.0 Å². The van der Waals surface area contributed by atoms with Gasteiger partial charge in [-0.1, -0.05) is 25.3 Å². The van der Waals surface area contributed by atoms with Gasteiger partial charge in [-0.3, -0.25) is 19.7 Å². The third kappa shape index (κ3) is 5.24. The molecule has 1 aliphatic carbocycles. The van der Waals surface area contributed by atoms with Crippen molar-refractivity contribution < 1.29 is 24.2 Å². The van der Waals surface area contributed by atoms with Gasteiger partial charge >= 0.3 is 0 Å². The second-order valence-corrected chi connectivity index (χ2v) is 11.3. The first-order valence-electron chi connectivity index (χ1n) is 13.8. The number of carbonyl (C=O) groups is 3. The molecule has 0 bridgehead atoms. The lowest BCUT2D eigenvalue weighted by Crippen LogP contribution is -2.54. The average Bonchev–Trinajstić information content (AvgIpc) is 3.51. The molecule has 3 fully saturated rings. The van der Waals surface area contributed by atoms with E-state index >= 15 is 0 Å². The van der Waals surface area contributed by atoms with Gasteiger partial charge in [0.2, 0.25) is 11.8 Å². The fraction of sp³-hybridized carbons (Fsp3) is 0.607. The molecule has 1 aromatic carbocycles. The molecule has 1 aromatic heterocycles. The molecular weight excluding hydrogens is 486 g/mol. The zero-order valence-electron chi connectivity index (χ0n) is 22.0. The van der Waals surface area contributed by atoms with E-state index in [1.54, 1.807) is 18.1 Å². The fourth-order valence-corrected chi connectivity index (χ4v) is 6.75. The number of methoxy groups -OCH3 is 1. The van der Waals surface area contributed by atoms with Crippen molar-refractivity contribution in [1.82, 2.24) is 20.5 Å². The van der Waals surface area contributed by atoms with E-state index in [-0.39, 0.29) is 29.6 Å². The van der Waals surface area contributed by atoms with Crippen LogP contribution >= 0.6 is 0 Å². The van der Waals surface area contributed by atoms with Crippen LogP contribution in [0.4, 0.5) is 0 Å². The van der Waals surface area contributed by atoms with Crippen LogP contribution in [0.3, 0.4) is 0 Å². The maximum absolute atomic E-state index is 13.9. The largest absolute Gasteiger partial charge is 0.496 e. The Balaban J connectivity index is 1.39. The molecule has 2 saturated heterocycles. The van der Waals surface area contributed by atoms with Crippen LogP contribution in [0.5, 0.6) is 5.75 Å². The highest BCUT2D eigenvalue weighted by Gasteiger charge is 2.49. The molecule has 206 valence electrons. The summed E-state index contributed by atoms with van der Waals surface area (Å²) in [6, 6.07) is 5.75. The molecule has 5 rings (SSSR count). The summed E-state index contributed by atoms with van der Waals surface area (Å²) < 4.78 is 5.46. The van der Waals surface area contributed by atoms with Crippen LogP contribution in [0, 0.1) is 11.3 Å². The van der Waals surface area contributed by atoms with Gasteiger partial charge in [0.25, 0.3) is 5.91 Å². The summed E-state index contributed by atoms with van der Waals surface area (Å²) in [7, 11) is 1.59. The van der Waals surface area contributed by atoms with Crippen LogP contribution in [0.25, 0.3) is 10.9 Å². The van der Waals surface area contributed by atoms with Gasteiger partial charge < -0.3 is 30.8 Å². The van der Waals surface area contributed by atoms with E-state index in [0.717, 1.165) is 55.8 Å². The number of hydrogen-bond donors (Lipinski definition) is 5. The topological polar surface area (TPSA) is 150 Å². The quantitative estimate of drug-likeness (QED) is 0.373.